The second-order valence-corrected chi connectivity index (χ2v) is 8.04. The molecule has 0 radical (unpaired) electrons. The van der Waals surface area contributed by atoms with E-state index in [1.54, 1.807) is 30.3 Å². The molecule has 2 aromatic carbocycles. The fraction of sp³-hybridized carbons (Fsp3) is 0.227. The van der Waals surface area contributed by atoms with Crippen molar-refractivity contribution in [2.45, 2.75) is 31.7 Å². The van der Waals surface area contributed by atoms with Gasteiger partial charge in [0, 0.05) is 17.3 Å². The number of carbonyl (C=O) groups excluding carboxylic acids is 1. The van der Waals surface area contributed by atoms with Crippen LogP contribution >= 0.6 is 23.4 Å². The molecule has 0 aliphatic rings. The van der Waals surface area contributed by atoms with Gasteiger partial charge in [-0.25, -0.2) is 0 Å². The predicted octanol–water partition coefficient (Wildman–Crippen LogP) is 5.30. The average molecular weight is 443 g/mol. The molecule has 30 heavy (non-hydrogen) atoms. The SMILES string of the molecule is C=CCn1c(SCC(=O)Nc2ccc(Cl)cc2)nnc1C(C)Oc1cccc(C)c1. The number of nitrogens with zero attached hydrogens (tertiary/aromatic N) is 3. The third-order valence-corrected chi connectivity index (χ3v) is 5.40. The van der Waals surface area contributed by atoms with Gasteiger partial charge in [0.25, 0.3) is 0 Å². The predicted molar refractivity (Wildman–Crippen MR) is 121 cm³/mol. The number of aromatic nitrogens is 3. The Morgan fingerprint density at radius 1 is 1.30 bits per heavy atom. The summed E-state index contributed by atoms with van der Waals surface area (Å²) in [5.74, 6) is 1.51. The maximum Gasteiger partial charge on any atom is 0.234 e. The monoisotopic (exact) mass is 442 g/mol. The highest BCUT2D eigenvalue weighted by atomic mass is 35.5. The number of aryl methyl sites for hydroxylation is 1. The van der Waals surface area contributed by atoms with Crippen LogP contribution in [0.25, 0.3) is 0 Å². The molecule has 1 aromatic heterocycles. The molecule has 0 saturated heterocycles. The van der Waals surface area contributed by atoms with E-state index in [2.05, 4.69) is 22.1 Å². The Hall–Kier alpha value is -2.77. The number of hydrogen-bond acceptors (Lipinski definition) is 5. The van der Waals surface area contributed by atoms with Gasteiger partial charge in [0.2, 0.25) is 5.91 Å². The third kappa shape index (κ3) is 5.87. The minimum atomic E-state index is -0.309. The van der Waals surface area contributed by atoms with E-state index in [9.17, 15) is 4.79 Å². The molecule has 0 bridgehead atoms. The lowest BCUT2D eigenvalue weighted by Crippen LogP contribution is -2.15. The molecule has 0 saturated carbocycles. The lowest BCUT2D eigenvalue weighted by molar-refractivity contribution is -0.113. The van der Waals surface area contributed by atoms with Crippen LogP contribution < -0.4 is 10.1 Å². The molecule has 0 aliphatic heterocycles. The van der Waals surface area contributed by atoms with Gasteiger partial charge in [-0.2, -0.15) is 0 Å². The zero-order valence-electron chi connectivity index (χ0n) is 16.8. The summed E-state index contributed by atoms with van der Waals surface area (Å²) in [6.45, 7) is 8.27. The van der Waals surface area contributed by atoms with Crippen molar-refractivity contribution in [1.82, 2.24) is 14.8 Å². The van der Waals surface area contributed by atoms with Gasteiger partial charge in [0.05, 0.1) is 5.75 Å². The summed E-state index contributed by atoms with van der Waals surface area (Å²) < 4.78 is 7.95. The van der Waals surface area contributed by atoms with Crippen molar-refractivity contribution < 1.29 is 9.53 Å². The highest BCUT2D eigenvalue weighted by Gasteiger charge is 2.20. The maximum absolute atomic E-state index is 12.3. The Balaban J connectivity index is 1.66. The van der Waals surface area contributed by atoms with E-state index in [0.29, 0.717) is 28.2 Å². The van der Waals surface area contributed by atoms with Crippen LogP contribution in [-0.2, 0) is 11.3 Å². The van der Waals surface area contributed by atoms with Crippen LogP contribution in [0.2, 0.25) is 5.02 Å². The van der Waals surface area contributed by atoms with Crippen molar-refractivity contribution in [3.63, 3.8) is 0 Å². The molecule has 1 atom stereocenters. The van der Waals surface area contributed by atoms with Crippen molar-refractivity contribution in [2.24, 2.45) is 0 Å². The molecular formula is C22H23ClN4O2S. The minimum Gasteiger partial charge on any atom is -0.483 e. The first-order valence-electron chi connectivity index (χ1n) is 9.42. The van der Waals surface area contributed by atoms with Crippen LogP contribution in [0.5, 0.6) is 5.75 Å². The molecule has 1 heterocycles. The molecule has 1 N–H and O–H groups in total. The van der Waals surface area contributed by atoms with Crippen LogP contribution in [-0.4, -0.2) is 26.4 Å². The van der Waals surface area contributed by atoms with Gasteiger partial charge < -0.3 is 10.1 Å². The number of thioether (sulfide) groups is 1. The Morgan fingerprint density at radius 3 is 2.77 bits per heavy atom. The lowest BCUT2D eigenvalue weighted by Gasteiger charge is -2.16. The molecule has 3 aromatic rings. The van der Waals surface area contributed by atoms with Crippen LogP contribution in [0.3, 0.4) is 0 Å². The zero-order valence-corrected chi connectivity index (χ0v) is 18.4. The minimum absolute atomic E-state index is 0.138. The molecule has 0 aliphatic carbocycles. The van der Waals surface area contributed by atoms with Gasteiger partial charge in [-0.15, -0.1) is 16.8 Å². The number of nitrogens with one attached hydrogen (secondary N) is 1. The van der Waals surface area contributed by atoms with Gasteiger partial charge in [0.1, 0.15) is 5.75 Å². The topological polar surface area (TPSA) is 69.0 Å². The summed E-state index contributed by atoms with van der Waals surface area (Å²) in [6.07, 6.45) is 1.46. The number of halogens is 1. The number of hydrogen-bond donors (Lipinski definition) is 1. The van der Waals surface area contributed by atoms with Crippen LogP contribution in [0, 0.1) is 6.92 Å². The third-order valence-electron chi connectivity index (χ3n) is 4.18. The first kappa shape index (κ1) is 21.9. The molecular weight excluding hydrogens is 420 g/mol. The molecule has 156 valence electrons. The van der Waals surface area contributed by atoms with Gasteiger partial charge in [-0.1, -0.05) is 41.6 Å². The fourth-order valence-electron chi connectivity index (χ4n) is 2.81. The molecule has 1 unspecified atom stereocenters. The van der Waals surface area contributed by atoms with Crippen LogP contribution in [0.1, 0.15) is 24.4 Å². The highest BCUT2D eigenvalue weighted by molar-refractivity contribution is 7.99. The second-order valence-electron chi connectivity index (χ2n) is 6.66. The number of anilines is 1. The van der Waals surface area contributed by atoms with E-state index in [0.717, 1.165) is 11.3 Å². The number of rotatable bonds is 9. The summed E-state index contributed by atoms with van der Waals surface area (Å²) in [7, 11) is 0. The highest BCUT2D eigenvalue weighted by Crippen LogP contribution is 2.25. The van der Waals surface area contributed by atoms with Crippen molar-refractivity contribution in [1.29, 1.82) is 0 Å². The normalized spacial score (nSPS) is 11.7. The second kappa shape index (κ2) is 10.3. The van der Waals surface area contributed by atoms with Gasteiger partial charge >= 0.3 is 0 Å². The van der Waals surface area contributed by atoms with Crippen molar-refractivity contribution in [3.8, 4) is 5.75 Å². The first-order chi connectivity index (χ1) is 14.5. The summed E-state index contributed by atoms with van der Waals surface area (Å²) >= 11 is 7.18. The standard InChI is InChI=1S/C22H23ClN4O2S/c1-4-12-27-21(16(3)29-19-7-5-6-15(2)13-19)25-26-22(27)30-14-20(28)24-18-10-8-17(23)9-11-18/h4-11,13,16H,1,12,14H2,2-3H3,(H,24,28). The van der Waals surface area contributed by atoms with Crippen molar-refractivity contribution in [2.75, 3.05) is 11.1 Å². The quantitative estimate of drug-likeness (QED) is 0.360. The van der Waals surface area contributed by atoms with E-state index >= 15 is 0 Å². The van der Waals surface area contributed by atoms with E-state index in [-0.39, 0.29) is 17.8 Å². The van der Waals surface area contributed by atoms with E-state index in [4.69, 9.17) is 16.3 Å². The Bertz CT molecular complexity index is 1020. The first-order valence-corrected chi connectivity index (χ1v) is 10.8. The van der Waals surface area contributed by atoms with E-state index in [1.165, 1.54) is 11.8 Å². The van der Waals surface area contributed by atoms with Gasteiger partial charge in [-0.05, 0) is 55.8 Å². The largest absolute Gasteiger partial charge is 0.483 e. The number of ether oxygens (including phenoxy) is 1. The number of allylic oxidation sites excluding steroid dienone is 1. The number of benzene rings is 2. The Labute approximate surface area is 185 Å². The molecule has 0 fully saturated rings. The van der Waals surface area contributed by atoms with E-state index in [1.807, 2.05) is 42.7 Å². The lowest BCUT2D eigenvalue weighted by atomic mass is 10.2. The number of carbonyl (C=O) groups is 1. The molecule has 6 nitrogen and oxygen atoms in total. The molecule has 8 heteroatoms. The molecule has 0 spiro atoms. The summed E-state index contributed by atoms with van der Waals surface area (Å²) in [5, 5.41) is 12.6. The average Bonchev–Trinajstić information content (AvgIpc) is 3.11. The summed E-state index contributed by atoms with van der Waals surface area (Å²) in [6, 6.07) is 14.8. The van der Waals surface area contributed by atoms with Crippen molar-refractivity contribution in [3.05, 3.63) is 77.6 Å². The number of amides is 1. The molecule has 1 amide bonds. The Morgan fingerprint density at radius 2 is 2.07 bits per heavy atom. The van der Waals surface area contributed by atoms with Gasteiger partial charge in [0.15, 0.2) is 17.1 Å². The fourth-order valence-corrected chi connectivity index (χ4v) is 3.69. The van der Waals surface area contributed by atoms with E-state index < -0.39 is 0 Å². The Kier molecular flexibility index (Phi) is 7.54. The zero-order chi connectivity index (χ0) is 21.5. The van der Waals surface area contributed by atoms with Crippen molar-refractivity contribution >= 4 is 35.0 Å². The molecule has 3 rings (SSSR count). The van der Waals surface area contributed by atoms with Crippen LogP contribution in [0.4, 0.5) is 5.69 Å². The van der Waals surface area contributed by atoms with Gasteiger partial charge in [-0.3, -0.25) is 9.36 Å². The summed E-state index contributed by atoms with van der Waals surface area (Å²) in [5.41, 5.74) is 1.81. The van der Waals surface area contributed by atoms with Crippen LogP contribution in [0.15, 0.2) is 66.3 Å². The maximum atomic E-state index is 12.3. The smallest absolute Gasteiger partial charge is 0.234 e. The summed E-state index contributed by atoms with van der Waals surface area (Å²) in [4.78, 5) is 12.3.